The third-order valence-electron chi connectivity index (χ3n) is 4.85. The van der Waals surface area contributed by atoms with E-state index in [0.29, 0.717) is 25.2 Å². The Kier molecular flexibility index (Phi) is 5.49. The van der Waals surface area contributed by atoms with Gasteiger partial charge < -0.3 is 9.64 Å². The molecule has 10 heteroatoms. The zero-order valence-electron chi connectivity index (χ0n) is 14.3. The summed E-state index contributed by atoms with van der Waals surface area (Å²) in [7, 11) is -3.30. The van der Waals surface area contributed by atoms with Crippen LogP contribution in [0.3, 0.4) is 0 Å². The van der Waals surface area contributed by atoms with Crippen molar-refractivity contribution in [3.8, 4) is 0 Å². The van der Waals surface area contributed by atoms with Gasteiger partial charge in [0.25, 0.3) is 5.91 Å². The SMILES string of the molecule is O=C(c1ccc(F)c(C(F)(F)F)c1)N(C[C@@H]1CCCO1)[C@H]1CCS(=O)(=O)C1. The molecular weight excluding hydrogens is 390 g/mol. The maximum atomic E-state index is 13.5. The number of hydrogen-bond acceptors (Lipinski definition) is 4. The lowest BCUT2D eigenvalue weighted by atomic mass is 10.1. The van der Waals surface area contributed by atoms with Crippen LogP contribution in [-0.2, 0) is 20.8 Å². The summed E-state index contributed by atoms with van der Waals surface area (Å²) >= 11 is 0. The number of nitrogens with zero attached hydrogens (tertiary/aromatic N) is 1. The van der Waals surface area contributed by atoms with Crippen molar-refractivity contribution >= 4 is 15.7 Å². The van der Waals surface area contributed by atoms with Crippen molar-refractivity contribution in [3.05, 3.63) is 35.1 Å². The fraction of sp³-hybridized carbons (Fsp3) is 0.588. The van der Waals surface area contributed by atoms with E-state index in [1.165, 1.54) is 4.90 Å². The largest absolute Gasteiger partial charge is 0.419 e. The van der Waals surface area contributed by atoms with Crippen LogP contribution in [0.25, 0.3) is 0 Å². The van der Waals surface area contributed by atoms with Gasteiger partial charge in [0, 0.05) is 24.8 Å². The van der Waals surface area contributed by atoms with E-state index in [9.17, 15) is 30.8 Å². The number of amides is 1. The molecule has 0 saturated carbocycles. The Hall–Kier alpha value is -1.68. The zero-order valence-corrected chi connectivity index (χ0v) is 15.2. The van der Waals surface area contributed by atoms with Crippen LogP contribution in [0.4, 0.5) is 17.6 Å². The van der Waals surface area contributed by atoms with Crippen molar-refractivity contribution in [3.63, 3.8) is 0 Å². The molecule has 2 aliphatic heterocycles. The Labute approximate surface area is 154 Å². The summed E-state index contributed by atoms with van der Waals surface area (Å²) in [5.74, 6) is -2.53. The van der Waals surface area contributed by atoms with Gasteiger partial charge in [0.15, 0.2) is 9.84 Å². The topological polar surface area (TPSA) is 63.7 Å². The Morgan fingerprint density at radius 2 is 2.00 bits per heavy atom. The minimum absolute atomic E-state index is 0.0792. The molecule has 1 aromatic rings. The molecule has 2 saturated heterocycles. The van der Waals surface area contributed by atoms with Gasteiger partial charge in [0.1, 0.15) is 5.82 Å². The smallest absolute Gasteiger partial charge is 0.376 e. The molecule has 3 rings (SSSR count). The fourth-order valence-electron chi connectivity index (χ4n) is 3.47. The molecule has 150 valence electrons. The molecular formula is C17H19F4NO4S. The second-order valence-electron chi connectivity index (χ2n) is 6.84. The fourth-order valence-corrected chi connectivity index (χ4v) is 5.20. The first-order valence-electron chi connectivity index (χ1n) is 8.56. The van der Waals surface area contributed by atoms with E-state index in [1.807, 2.05) is 0 Å². The molecule has 2 atom stereocenters. The number of carbonyl (C=O) groups excluding carboxylic acids is 1. The highest BCUT2D eigenvalue weighted by molar-refractivity contribution is 7.91. The number of sulfone groups is 1. The van der Waals surface area contributed by atoms with E-state index in [4.69, 9.17) is 4.74 Å². The number of benzene rings is 1. The molecule has 2 aliphatic rings. The highest BCUT2D eigenvalue weighted by Gasteiger charge is 2.38. The van der Waals surface area contributed by atoms with Crippen molar-refractivity contribution in [2.75, 3.05) is 24.7 Å². The quantitative estimate of drug-likeness (QED) is 0.718. The van der Waals surface area contributed by atoms with Crippen molar-refractivity contribution in [2.45, 2.75) is 37.6 Å². The molecule has 0 N–H and O–H groups in total. The molecule has 1 amide bonds. The summed E-state index contributed by atoms with van der Waals surface area (Å²) in [6.07, 6.45) is -3.53. The van der Waals surface area contributed by atoms with Crippen LogP contribution in [0.5, 0.6) is 0 Å². The Bertz CT molecular complexity index is 819. The number of hydrogen-bond donors (Lipinski definition) is 0. The van der Waals surface area contributed by atoms with Gasteiger partial charge in [0.05, 0.1) is 23.2 Å². The van der Waals surface area contributed by atoms with E-state index < -0.39 is 39.3 Å². The molecule has 0 aromatic heterocycles. The van der Waals surface area contributed by atoms with Gasteiger partial charge in [-0.2, -0.15) is 13.2 Å². The normalized spacial score (nSPS) is 24.9. The van der Waals surface area contributed by atoms with E-state index in [1.54, 1.807) is 0 Å². The van der Waals surface area contributed by atoms with Crippen LogP contribution in [0, 0.1) is 5.82 Å². The minimum Gasteiger partial charge on any atom is -0.376 e. The predicted octanol–water partition coefficient (Wildman–Crippen LogP) is 2.65. The van der Waals surface area contributed by atoms with Gasteiger partial charge in [-0.15, -0.1) is 0 Å². The molecule has 27 heavy (non-hydrogen) atoms. The highest BCUT2D eigenvalue weighted by Crippen LogP contribution is 2.32. The molecule has 2 heterocycles. The maximum Gasteiger partial charge on any atom is 0.419 e. The predicted molar refractivity (Wildman–Crippen MR) is 88.5 cm³/mol. The van der Waals surface area contributed by atoms with E-state index in [2.05, 4.69) is 0 Å². The van der Waals surface area contributed by atoms with Gasteiger partial charge in [-0.1, -0.05) is 0 Å². The summed E-state index contributed by atoms with van der Waals surface area (Å²) in [6, 6.07) is 1.43. The number of rotatable bonds is 4. The molecule has 1 aromatic carbocycles. The monoisotopic (exact) mass is 409 g/mol. The summed E-state index contributed by atoms with van der Waals surface area (Å²) in [5.41, 5.74) is -1.85. The first kappa shape index (κ1) is 20.1. The lowest BCUT2D eigenvalue weighted by molar-refractivity contribution is -0.140. The minimum atomic E-state index is -4.93. The first-order valence-corrected chi connectivity index (χ1v) is 10.4. The summed E-state index contributed by atoms with van der Waals surface area (Å²) in [6.45, 7) is 0.613. The number of alkyl halides is 3. The van der Waals surface area contributed by atoms with Crippen LogP contribution in [0.2, 0.25) is 0 Å². The van der Waals surface area contributed by atoms with Crippen LogP contribution in [0.15, 0.2) is 18.2 Å². The number of halogens is 4. The van der Waals surface area contributed by atoms with Crippen LogP contribution < -0.4 is 0 Å². The van der Waals surface area contributed by atoms with Gasteiger partial charge in [-0.25, -0.2) is 12.8 Å². The molecule has 5 nitrogen and oxygen atoms in total. The van der Waals surface area contributed by atoms with Crippen molar-refractivity contribution < 1.29 is 35.5 Å². The van der Waals surface area contributed by atoms with Gasteiger partial charge >= 0.3 is 6.18 Å². The third kappa shape index (κ3) is 4.60. The first-order chi connectivity index (χ1) is 12.6. The van der Waals surface area contributed by atoms with E-state index in [0.717, 1.165) is 12.5 Å². The standard InChI is InChI=1S/C17H19F4NO4S/c18-15-4-3-11(8-14(15)17(19,20)21)16(23)22(9-13-2-1-6-26-13)12-5-7-27(24,25)10-12/h3-4,8,12-13H,1-2,5-7,9-10H2/t12-,13-/m0/s1. The maximum absolute atomic E-state index is 13.5. The summed E-state index contributed by atoms with van der Waals surface area (Å²) in [4.78, 5) is 14.2. The van der Waals surface area contributed by atoms with Gasteiger partial charge in [-0.05, 0) is 37.5 Å². The van der Waals surface area contributed by atoms with Crippen LogP contribution in [0.1, 0.15) is 35.2 Å². The third-order valence-corrected chi connectivity index (χ3v) is 6.60. The second kappa shape index (κ2) is 7.38. The number of ether oxygens (including phenoxy) is 1. The van der Waals surface area contributed by atoms with Crippen LogP contribution in [-0.4, -0.2) is 56.0 Å². The lowest BCUT2D eigenvalue weighted by Gasteiger charge is -2.30. The van der Waals surface area contributed by atoms with Gasteiger partial charge in [0.2, 0.25) is 0 Å². The average Bonchev–Trinajstić information content (AvgIpc) is 3.20. The Morgan fingerprint density at radius 3 is 2.56 bits per heavy atom. The van der Waals surface area contributed by atoms with Crippen molar-refractivity contribution in [1.82, 2.24) is 4.90 Å². The summed E-state index contributed by atoms with van der Waals surface area (Å²) in [5, 5.41) is 0. The lowest BCUT2D eigenvalue weighted by Crippen LogP contribution is -2.45. The zero-order chi connectivity index (χ0) is 19.8. The summed E-state index contributed by atoms with van der Waals surface area (Å²) < 4.78 is 81.5. The average molecular weight is 409 g/mol. The van der Waals surface area contributed by atoms with E-state index >= 15 is 0 Å². The Morgan fingerprint density at radius 1 is 1.26 bits per heavy atom. The van der Waals surface area contributed by atoms with Crippen LogP contribution >= 0.6 is 0 Å². The second-order valence-corrected chi connectivity index (χ2v) is 9.07. The molecule has 0 spiro atoms. The van der Waals surface area contributed by atoms with Crippen molar-refractivity contribution in [1.29, 1.82) is 0 Å². The Balaban J connectivity index is 1.90. The van der Waals surface area contributed by atoms with Crippen molar-refractivity contribution in [2.24, 2.45) is 0 Å². The van der Waals surface area contributed by atoms with E-state index in [-0.39, 0.29) is 36.1 Å². The molecule has 0 radical (unpaired) electrons. The number of carbonyl (C=O) groups is 1. The molecule has 0 aliphatic carbocycles. The molecule has 2 fully saturated rings. The molecule has 0 unspecified atom stereocenters. The highest BCUT2D eigenvalue weighted by atomic mass is 32.2. The molecule has 0 bridgehead atoms. The van der Waals surface area contributed by atoms with Gasteiger partial charge in [-0.3, -0.25) is 4.79 Å².